The molecule has 0 saturated heterocycles. The second-order valence-corrected chi connectivity index (χ2v) is 6.51. The van der Waals surface area contributed by atoms with Crippen LogP contribution < -0.4 is 5.32 Å². The number of carboxylic acid groups (broad SMARTS) is 1. The molecule has 21 heavy (non-hydrogen) atoms. The molecule has 1 aromatic carbocycles. The molecule has 0 aliphatic rings. The van der Waals surface area contributed by atoms with E-state index in [1.807, 2.05) is 52.0 Å². The molecule has 2 aromatic rings. The van der Waals surface area contributed by atoms with E-state index in [4.69, 9.17) is 5.11 Å². The molecule has 0 spiro atoms. The summed E-state index contributed by atoms with van der Waals surface area (Å²) in [5.41, 5.74) is 1.76. The van der Waals surface area contributed by atoms with Gasteiger partial charge in [0, 0.05) is 11.4 Å². The molecule has 0 fully saturated rings. The van der Waals surface area contributed by atoms with Crippen LogP contribution in [0, 0.1) is 12.3 Å². The van der Waals surface area contributed by atoms with E-state index >= 15 is 0 Å². The zero-order chi connectivity index (χ0) is 15.6. The van der Waals surface area contributed by atoms with Crippen molar-refractivity contribution in [2.45, 2.75) is 40.2 Å². The number of hydrogen-bond donors (Lipinski definition) is 2. The highest BCUT2D eigenvalue weighted by molar-refractivity contribution is 5.81. The number of benzene rings is 1. The molecule has 4 nitrogen and oxygen atoms in total. The minimum atomic E-state index is -0.805. The summed E-state index contributed by atoms with van der Waals surface area (Å²) in [6, 6.07) is 9.82. The molecule has 0 bridgehead atoms. The number of nitrogens with zero attached hydrogens (tertiary/aromatic N) is 1. The normalized spacial score (nSPS) is 13.1. The Morgan fingerprint density at radius 3 is 2.62 bits per heavy atom. The third-order valence-electron chi connectivity index (χ3n) is 3.65. The molecular weight excluding hydrogens is 264 g/mol. The number of aromatic nitrogens is 1. The van der Waals surface area contributed by atoms with Gasteiger partial charge in [0.2, 0.25) is 0 Å². The van der Waals surface area contributed by atoms with Gasteiger partial charge < -0.3 is 10.4 Å². The lowest BCUT2D eigenvalue weighted by Gasteiger charge is -2.31. The first-order valence-corrected chi connectivity index (χ1v) is 7.12. The fourth-order valence-corrected chi connectivity index (χ4v) is 2.28. The maximum atomic E-state index is 11.1. The maximum Gasteiger partial charge on any atom is 0.305 e. The first-order chi connectivity index (χ1) is 9.77. The van der Waals surface area contributed by atoms with Crippen LogP contribution in [0.15, 0.2) is 30.3 Å². The summed E-state index contributed by atoms with van der Waals surface area (Å²) in [5, 5.41) is 13.5. The van der Waals surface area contributed by atoms with E-state index in [1.165, 1.54) is 0 Å². The summed E-state index contributed by atoms with van der Waals surface area (Å²) < 4.78 is 0. The summed E-state index contributed by atoms with van der Waals surface area (Å²) in [7, 11) is 0. The van der Waals surface area contributed by atoms with Gasteiger partial charge in [-0.3, -0.25) is 4.79 Å². The summed E-state index contributed by atoms with van der Waals surface area (Å²) in [6.45, 7) is 8.08. The van der Waals surface area contributed by atoms with Gasteiger partial charge >= 0.3 is 5.97 Å². The van der Waals surface area contributed by atoms with Gasteiger partial charge in [-0.2, -0.15) is 0 Å². The molecule has 2 rings (SSSR count). The van der Waals surface area contributed by atoms with Crippen molar-refractivity contribution in [3.63, 3.8) is 0 Å². The smallest absolute Gasteiger partial charge is 0.305 e. The first kappa shape index (κ1) is 15.3. The molecule has 1 heterocycles. The highest BCUT2D eigenvalue weighted by Crippen LogP contribution is 2.27. The van der Waals surface area contributed by atoms with Crippen molar-refractivity contribution in [1.82, 2.24) is 4.98 Å². The van der Waals surface area contributed by atoms with Crippen molar-refractivity contribution >= 4 is 22.7 Å². The Kier molecular flexibility index (Phi) is 4.16. The molecule has 0 saturated carbocycles. The number of carbonyl (C=O) groups is 1. The van der Waals surface area contributed by atoms with Crippen LogP contribution in [0.5, 0.6) is 0 Å². The number of hydrogen-bond acceptors (Lipinski definition) is 3. The fourth-order valence-electron chi connectivity index (χ4n) is 2.28. The zero-order valence-corrected chi connectivity index (χ0v) is 13.0. The van der Waals surface area contributed by atoms with Crippen LogP contribution in [0.25, 0.3) is 10.9 Å². The molecule has 0 amide bonds. The van der Waals surface area contributed by atoms with Crippen molar-refractivity contribution < 1.29 is 9.90 Å². The van der Waals surface area contributed by atoms with E-state index in [0.717, 1.165) is 22.3 Å². The van der Waals surface area contributed by atoms with Gasteiger partial charge in [-0.15, -0.1) is 0 Å². The van der Waals surface area contributed by atoms with Crippen LogP contribution in [0.3, 0.4) is 0 Å². The maximum absolute atomic E-state index is 11.1. The Balaban J connectivity index is 2.36. The number of anilines is 1. The third kappa shape index (κ3) is 3.72. The standard InChI is InChI=1S/C17H22N2O2/c1-11-9-12-7-5-6-8-13(12)18-16(11)19-14(10-15(20)21)17(2,3)4/h5-9,14H,10H2,1-4H3,(H,18,19)(H,20,21). The highest BCUT2D eigenvalue weighted by Gasteiger charge is 2.27. The lowest BCUT2D eigenvalue weighted by atomic mass is 9.84. The highest BCUT2D eigenvalue weighted by atomic mass is 16.4. The lowest BCUT2D eigenvalue weighted by Crippen LogP contribution is -2.36. The Morgan fingerprint density at radius 1 is 1.33 bits per heavy atom. The van der Waals surface area contributed by atoms with Crippen LogP contribution in [-0.2, 0) is 4.79 Å². The molecule has 1 atom stereocenters. The van der Waals surface area contributed by atoms with Crippen molar-refractivity contribution in [3.8, 4) is 0 Å². The number of aryl methyl sites for hydroxylation is 1. The third-order valence-corrected chi connectivity index (χ3v) is 3.65. The topological polar surface area (TPSA) is 62.2 Å². The van der Waals surface area contributed by atoms with E-state index in [0.29, 0.717) is 0 Å². The Hall–Kier alpha value is -2.10. The number of aliphatic carboxylic acids is 1. The molecular formula is C17H22N2O2. The lowest BCUT2D eigenvalue weighted by molar-refractivity contribution is -0.137. The van der Waals surface area contributed by atoms with Crippen molar-refractivity contribution in [2.75, 3.05) is 5.32 Å². The minimum Gasteiger partial charge on any atom is -0.481 e. The van der Waals surface area contributed by atoms with Gasteiger partial charge in [0.05, 0.1) is 11.9 Å². The van der Waals surface area contributed by atoms with Gasteiger partial charge in [0.15, 0.2) is 0 Å². The predicted molar refractivity (Wildman–Crippen MR) is 85.6 cm³/mol. The average molecular weight is 286 g/mol. The summed E-state index contributed by atoms with van der Waals surface area (Å²) in [5.74, 6) is -0.0456. The van der Waals surface area contributed by atoms with E-state index in [9.17, 15) is 4.79 Å². The number of nitrogens with one attached hydrogen (secondary N) is 1. The van der Waals surface area contributed by atoms with Gasteiger partial charge in [-0.1, -0.05) is 39.0 Å². The van der Waals surface area contributed by atoms with Crippen LogP contribution >= 0.6 is 0 Å². The molecule has 1 aromatic heterocycles. The van der Waals surface area contributed by atoms with Crippen molar-refractivity contribution in [2.24, 2.45) is 5.41 Å². The molecule has 4 heteroatoms. The molecule has 0 aliphatic heterocycles. The molecule has 0 radical (unpaired) electrons. The summed E-state index contributed by atoms with van der Waals surface area (Å²) in [6.07, 6.45) is 0.0669. The van der Waals surface area contributed by atoms with Crippen LogP contribution in [0.2, 0.25) is 0 Å². The number of fused-ring (bicyclic) bond motifs is 1. The SMILES string of the molecule is Cc1cc2ccccc2nc1NC(CC(=O)O)C(C)(C)C. The van der Waals surface area contributed by atoms with E-state index in [1.54, 1.807) is 0 Å². The Labute approximate surface area is 125 Å². The van der Waals surface area contributed by atoms with Crippen molar-refractivity contribution in [3.05, 3.63) is 35.9 Å². The first-order valence-electron chi connectivity index (χ1n) is 7.12. The predicted octanol–water partition coefficient (Wildman–Crippen LogP) is 3.84. The van der Waals surface area contributed by atoms with E-state index in [-0.39, 0.29) is 17.9 Å². The minimum absolute atomic E-state index is 0.0669. The monoisotopic (exact) mass is 286 g/mol. The average Bonchev–Trinajstić information content (AvgIpc) is 2.37. The number of carboxylic acids is 1. The van der Waals surface area contributed by atoms with Crippen LogP contribution in [0.1, 0.15) is 32.8 Å². The Morgan fingerprint density at radius 2 is 2.00 bits per heavy atom. The molecule has 0 aliphatic carbocycles. The van der Waals surface area contributed by atoms with Gasteiger partial charge in [-0.05, 0) is 30.0 Å². The van der Waals surface area contributed by atoms with Crippen LogP contribution in [0.4, 0.5) is 5.82 Å². The van der Waals surface area contributed by atoms with E-state index < -0.39 is 5.97 Å². The fraction of sp³-hybridized carbons (Fsp3) is 0.412. The second-order valence-electron chi connectivity index (χ2n) is 6.51. The Bertz CT molecular complexity index is 659. The van der Waals surface area contributed by atoms with Gasteiger partial charge in [0.25, 0.3) is 0 Å². The van der Waals surface area contributed by atoms with Gasteiger partial charge in [-0.25, -0.2) is 4.98 Å². The van der Waals surface area contributed by atoms with Crippen LogP contribution in [-0.4, -0.2) is 22.1 Å². The summed E-state index contributed by atoms with van der Waals surface area (Å²) in [4.78, 5) is 15.7. The number of rotatable bonds is 4. The zero-order valence-electron chi connectivity index (χ0n) is 13.0. The van der Waals surface area contributed by atoms with Crippen molar-refractivity contribution in [1.29, 1.82) is 0 Å². The largest absolute Gasteiger partial charge is 0.481 e. The number of para-hydroxylation sites is 1. The quantitative estimate of drug-likeness (QED) is 0.896. The van der Waals surface area contributed by atoms with E-state index in [2.05, 4.69) is 16.4 Å². The molecule has 1 unspecified atom stereocenters. The molecule has 2 N–H and O–H groups in total. The number of pyridine rings is 1. The second kappa shape index (κ2) is 5.72. The molecule has 112 valence electrons. The van der Waals surface area contributed by atoms with Gasteiger partial charge in [0.1, 0.15) is 5.82 Å². The summed E-state index contributed by atoms with van der Waals surface area (Å²) >= 11 is 0.